The van der Waals surface area contributed by atoms with Crippen LogP contribution in [0.5, 0.6) is 0 Å². The van der Waals surface area contributed by atoms with Crippen LogP contribution < -0.4 is 16.0 Å². The number of benzene rings is 1. The standard InChI is InChI=1S/C18H24N4O3/c23-16-8-7-15(18(25)21-16)19-13-5-4-6-14(11-13)20-17(24)12-22-9-2-1-3-10-22/h4-6,11,15,19H,1-3,7-10,12H2,(H,20,24)(H,21,23,25). The molecule has 0 radical (unpaired) electrons. The summed E-state index contributed by atoms with van der Waals surface area (Å²) in [5.41, 5.74) is 1.43. The lowest BCUT2D eigenvalue weighted by atomic mass is 10.1. The van der Waals surface area contributed by atoms with Gasteiger partial charge in [-0.1, -0.05) is 12.5 Å². The number of amides is 3. The third kappa shape index (κ3) is 5.03. The average molecular weight is 344 g/mol. The second-order valence-electron chi connectivity index (χ2n) is 6.61. The molecule has 0 aromatic heterocycles. The van der Waals surface area contributed by atoms with Gasteiger partial charge in [0.25, 0.3) is 0 Å². The molecule has 1 atom stereocenters. The fourth-order valence-electron chi connectivity index (χ4n) is 3.24. The van der Waals surface area contributed by atoms with Crippen molar-refractivity contribution >= 4 is 29.1 Å². The minimum atomic E-state index is -0.433. The van der Waals surface area contributed by atoms with Crippen LogP contribution in [0.1, 0.15) is 32.1 Å². The van der Waals surface area contributed by atoms with Crippen molar-refractivity contribution in [1.82, 2.24) is 10.2 Å². The van der Waals surface area contributed by atoms with E-state index in [-0.39, 0.29) is 17.7 Å². The summed E-state index contributed by atoms with van der Waals surface area (Å²) in [6, 6.07) is 6.85. The van der Waals surface area contributed by atoms with Crippen molar-refractivity contribution in [3.63, 3.8) is 0 Å². The van der Waals surface area contributed by atoms with Crippen LogP contribution in [-0.2, 0) is 14.4 Å². The van der Waals surface area contributed by atoms with Crippen LogP contribution in [0.15, 0.2) is 24.3 Å². The van der Waals surface area contributed by atoms with E-state index < -0.39 is 6.04 Å². The van der Waals surface area contributed by atoms with Gasteiger partial charge in [-0.3, -0.25) is 24.6 Å². The largest absolute Gasteiger partial charge is 0.374 e. The van der Waals surface area contributed by atoms with Gasteiger partial charge in [0.1, 0.15) is 6.04 Å². The van der Waals surface area contributed by atoms with Crippen molar-refractivity contribution in [3.8, 4) is 0 Å². The molecule has 1 aromatic rings. The predicted molar refractivity (Wildman–Crippen MR) is 95.2 cm³/mol. The smallest absolute Gasteiger partial charge is 0.249 e. The first kappa shape index (κ1) is 17.4. The minimum absolute atomic E-state index is 0.0277. The molecule has 134 valence electrons. The second-order valence-corrected chi connectivity index (χ2v) is 6.61. The number of rotatable bonds is 5. The number of hydrogen-bond acceptors (Lipinski definition) is 5. The van der Waals surface area contributed by atoms with E-state index in [0.29, 0.717) is 25.1 Å². The van der Waals surface area contributed by atoms with Crippen molar-refractivity contribution in [3.05, 3.63) is 24.3 Å². The monoisotopic (exact) mass is 344 g/mol. The number of nitrogens with zero attached hydrogens (tertiary/aromatic N) is 1. The van der Waals surface area contributed by atoms with Crippen LogP contribution in [0.4, 0.5) is 11.4 Å². The van der Waals surface area contributed by atoms with Gasteiger partial charge in [-0.25, -0.2) is 0 Å². The van der Waals surface area contributed by atoms with Crippen LogP contribution in [0.25, 0.3) is 0 Å². The highest BCUT2D eigenvalue weighted by atomic mass is 16.2. The first-order valence-corrected chi connectivity index (χ1v) is 8.83. The number of hydrogen-bond donors (Lipinski definition) is 3. The molecule has 25 heavy (non-hydrogen) atoms. The lowest BCUT2D eigenvalue weighted by Crippen LogP contribution is -2.47. The zero-order chi connectivity index (χ0) is 17.6. The van der Waals surface area contributed by atoms with Crippen molar-refractivity contribution in [2.24, 2.45) is 0 Å². The predicted octanol–water partition coefficient (Wildman–Crippen LogP) is 1.33. The fourth-order valence-corrected chi connectivity index (χ4v) is 3.24. The molecular weight excluding hydrogens is 320 g/mol. The highest BCUT2D eigenvalue weighted by Crippen LogP contribution is 2.18. The highest BCUT2D eigenvalue weighted by Gasteiger charge is 2.26. The third-order valence-corrected chi connectivity index (χ3v) is 4.54. The van der Waals surface area contributed by atoms with Crippen LogP contribution in [0.3, 0.4) is 0 Å². The summed E-state index contributed by atoms with van der Waals surface area (Å²) in [6.45, 7) is 2.36. The van der Waals surface area contributed by atoms with Crippen molar-refractivity contribution in [2.45, 2.75) is 38.1 Å². The first-order valence-electron chi connectivity index (χ1n) is 8.83. The topological polar surface area (TPSA) is 90.5 Å². The van der Waals surface area contributed by atoms with Gasteiger partial charge in [0.05, 0.1) is 6.54 Å². The number of carbonyl (C=O) groups is 3. The number of carbonyl (C=O) groups excluding carboxylic acids is 3. The minimum Gasteiger partial charge on any atom is -0.374 e. The normalized spacial score (nSPS) is 21.5. The van der Waals surface area contributed by atoms with Gasteiger partial charge >= 0.3 is 0 Å². The molecule has 3 rings (SSSR count). The quantitative estimate of drug-likeness (QED) is 0.701. The summed E-state index contributed by atoms with van der Waals surface area (Å²) in [5, 5.41) is 8.36. The molecule has 2 saturated heterocycles. The summed E-state index contributed by atoms with van der Waals surface area (Å²) in [6.07, 6.45) is 4.34. The van der Waals surface area contributed by atoms with Gasteiger partial charge in [0, 0.05) is 17.8 Å². The molecule has 3 N–H and O–H groups in total. The van der Waals surface area contributed by atoms with Crippen LogP contribution in [0.2, 0.25) is 0 Å². The number of piperidine rings is 2. The molecule has 7 nitrogen and oxygen atoms in total. The molecule has 2 fully saturated rings. The van der Waals surface area contributed by atoms with E-state index in [2.05, 4.69) is 20.9 Å². The lowest BCUT2D eigenvalue weighted by Gasteiger charge is -2.25. The molecular formula is C18H24N4O3. The molecule has 3 amide bonds. The van der Waals surface area contributed by atoms with Gasteiger partial charge in [-0.05, 0) is 50.6 Å². The molecule has 0 saturated carbocycles. The summed E-state index contributed by atoms with van der Waals surface area (Å²) in [5.74, 6) is -0.572. The Bertz CT molecular complexity index is 655. The number of nitrogens with one attached hydrogen (secondary N) is 3. The molecule has 0 aliphatic carbocycles. The number of anilines is 2. The lowest BCUT2D eigenvalue weighted by molar-refractivity contribution is -0.133. The molecule has 2 heterocycles. The molecule has 2 aliphatic rings. The highest BCUT2D eigenvalue weighted by molar-refractivity contribution is 6.01. The Morgan fingerprint density at radius 3 is 2.68 bits per heavy atom. The maximum Gasteiger partial charge on any atom is 0.249 e. The zero-order valence-electron chi connectivity index (χ0n) is 14.2. The van der Waals surface area contributed by atoms with Gasteiger partial charge in [0.15, 0.2) is 0 Å². The van der Waals surface area contributed by atoms with Crippen molar-refractivity contribution < 1.29 is 14.4 Å². The van der Waals surface area contributed by atoms with E-state index in [1.165, 1.54) is 6.42 Å². The molecule has 1 unspecified atom stereocenters. The number of likely N-dealkylation sites (tertiary alicyclic amines) is 1. The zero-order valence-corrected chi connectivity index (χ0v) is 14.2. The average Bonchev–Trinajstić information content (AvgIpc) is 2.58. The Morgan fingerprint density at radius 1 is 1.16 bits per heavy atom. The fraction of sp³-hybridized carbons (Fsp3) is 0.500. The van der Waals surface area contributed by atoms with E-state index in [0.717, 1.165) is 31.6 Å². The molecule has 1 aromatic carbocycles. The van der Waals surface area contributed by atoms with Crippen molar-refractivity contribution in [1.29, 1.82) is 0 Å². The van der Waals surface area contributed by atoms with E-state index in [9.17, 15) is 14.4 Å². The van der Waals surface area contributed by atoms with E-state index in [1.807, 2.05) is 18.2 Å². The van der Waals surface area contributed by atoms with Gasteiger partial charge in [-0.2, -0.15) is 0 Å². The third-order valence-electron chi connectivity index (χ3n) is 4.54. The SMILES string of the molecule is O=C1CCC(Nc2cccc(NC(=O)CN3CCCCC3)c2)C(=O)N1. The summed E-state index contributed by atoms with van der Waals surface area (Å²) in [4.78, 5) is 37.4. The molecule has 0 spiro atoms. The molecule has 2 aliphatic heterocycles. The summed E-state index contributed by atoms with van der Waals surface area (Å²) in [7, 11) is 0. The van der Waals surface area contributed by atoms with Gasteiger partial charge < -0.3 is 10.6 Å². The van der Waals surface area contributed by atoms with Gasteiger partial charge in [-0.15, -0.1) is 0 Å². The van der Waals surface area contributed by atoms with Crippen molar-refractivity contribution in [2.75, 3.05) is 30.3 Å². The maximum absolute atomic E-state index is 12.2. The first-order chi connectivity index (χ1) is 12.1. The van der Waals surface area contributed by atoms with E-state index in [1.54, 1.807) is 6.07 Å². The molecule has 0 bridgehead atoms. The Morgan fingerprint density at radius 2 is 1.92 bits per heavy atom. The Hall–Kier alpha value is -2.41. The number of imide groups is 1. The Balaban J connectivity index is 1.54. The van der Waals surface area contributed by atoms with E-state index in [4.69, 9.17) is 0 Å². The van der Waals surface area contributed by atoms with Gasteiger partial charge in [0.2, 0.25) is 17.7 Å². The van der Waals surface area contributed by atoms with E-state index >= 15 is 0 Å². The van der Waals surface area contributed by atoms with Crippen LogP contribution >= 0.6 is 0 Å². The van der Waals surface area contributed by atoms with Crippen LogP contribution in [0, 0.1) is 0 Å². The molecule has 7 heteroatoms. The maximum atomic E-state index is 12.2. The second kappa shape index (κ2) is 8.11. The summed E-state index contributed by atoms with van der Waals surface area (Å²) >= 11 is 0. The van der Waals surface area contributed by atoms with Crippen LogP contribution in [-0.4, -0.2) is 48.3 Å². The Labute approximate surface area is 147 Å². The Kier molecular flexibility index (Phi) is 5.65. The summed E-state index contributed by atoms with van der Waals surface area (Å²) < 4.78 is 0.